The van der Waals surface area contributed by atoms with Crippen LogP contribution in [-0.2, 0) is 0 Å². The van der Waals surface area contributed by atoms with Gasteiger partial charge in [-0.25, -0.2) is 14.1 Å². The Hall–Kier alpha value is -3.02. The monoisotopic (exact) mass is 350 g/mol. The molecule has 4 rings (SSSR count). The van der Waals surface area contributed by atoms with Gasteiger partial charge in [0.1, 0.15) is 11.6 Å². The predicted molar refractivity (Wildman–Crippen MR) is 95.5 cm³/mol. The molecule has 2 aromatic carbocycles. The second-order valence-electron chi connectivity index (χ2n) is 6.44. The first kappa shape index (κ1) is 16.4. The van der Waals surface area contributed by atoms with Gasteiger partial charge in [0, 0.05) is 6.54 Å². The van der Waals surface area contributed by atoms with Crippen LogP contribution in [-0.4, -0.2) is 32.1 Å². The third-order valence-corrected chi connectivity index (χ3v) is 4.73. The number of hydrogen-bond acceptors (Lipinski definition) is 3. The average Bonchev–Trinajstić information content (AvgIpc) is 3.30. The molecule has 0 bridgehead atoms. The van der Waals surface area contributed by atoms with Crippen LogP contribution in [0.5, 0.6) is 0 Å². The molecule has 26 heavy (non-hydrogen) atoms. The van der Waals surface area contributed by atoms with Gasteiger partial charge in [0.25, 0.3) is 5.91 Å². The number of benzene rings is 2. The summed E-state index contributed by atoms with van der Waals surface area (Å²) < 4.78 is 14.7. The first-order chi connectivity index (χ1) is 12.6. The van der Waals surface area contributed by atoms with E-state index < -0.39 is 0 Å². The fourth-order valence-electron chi connectivity index (χ4n) is 3.47. The van der Waals surface area contributed by atoms with Gasteiger partial charge in [-0.15, -0.1) is 5.10 Å². The molecule has 5 nitrogen and oxygen atoms in total. The lowest BCUT2D eigenvalue weighted by Crippen LogP contribution is -2.31. The van der Waals surface area contributed by atoms with Crippen LogP contribution in [0.25, 0.3) is 5.69 Å². The van der Waals surface area contributed by atoms with Crippen molar-refractivity contribution in [1.29, 1.82) is 0 Å². The Morgan fingerprint density at radius 3 is 2.58 bits per heavy atom. The lowest BCUT2D eigenvalue weighted by Gasteiger charge is -2.23. The maximum absolute atomic E-state index is 13.1. The molecule has 0 aliphatic carbocycles. The lowest BCUT2D eigenvalue weighted by molar-refractivity contribution is 0.0723. The zero-order valence-corrected chi connectivity index (χ0v) is 14.5. The van der Waals surface area contributed by atoms with Crippen molar-refractivity contribution in [3.63, 3.8) is 0 Å². The number of likely N-dealkylation sites (tertiary alicyclic amines) is 1. The summed E-state index contributed by atoms with van der Waals surface area (Å²) in [6.45, 7) is 2.48. The zero-order valence-electron chi connectivity index (χ0n) is 14.5. The number of hydrogen-bond donors (Lipinski definition) is 0. The molecule has 0 spiro atoms. The average molecular weight is 350 g/mol. The predicted octanol–water partition coefficient (Wildman–Crippen LogP) is 3.69. The SMILES string of the molecule is Cc1nc(C(=O)N2CCCC2c2ccccc2)nn1-c1ccc(F)cc1. The molecule has 132 valence electrons. The first-order valence-corrected chi connectivity index (χ1v) is 8.69. The number of amides is 1. The molecule has 1 aliphatic heterocycles. The molecule has 1 fully saturated rings. The van der Waals surface area contributed by atoms with Gasteiger partial charge in [0.05, 0.1) is 11.7 Å². The Kier molecular flexibility index (Phi) is 4.24. The van der Waals surface area contributed by atoms with Crippen LogP contribution in [0, 0.1) is 12.7 Å². The van der Waals surface area contributed by atoms with Gasteiger partial charge in [0.2, 0.25) is 5.82 Å². The van der Waals surface area contributed by atoms with Crippen LogP contribution < -0.4 is 0 Å². The number of aromatic nitrogens is 3. The molecule has 1 atom stereocenters. The minimum absolute atomic E-state index is 0.0572. The highest BCUT2D eigenvalue weighted by Gasteiger charge is 2.32. The van der Waals surface area contributed by atoms with Gasteiger partial charge in [-0.2, -0.15) is 0 Å². The molecule has 1 saturated heterocycles. The molecule has 2 heterocycles. The molecular weight excluding hydrogens is 331 g/mol. The summed E-state index contributed by atoms with van der Waals surface area (Å²) in [5.74, 6) is 0.288. The van der Waals surface area contributed by atoms with Crippen LogP contribution in [0.15, 0.2) is 54.6 Å². The summed E-state index contributed by atoms with van der Waals surface area (Å²) in [4.78, 5) is 19.2. The number of aryl methyl sites for hydroxylation is 1. The maximum Gasteiger partial charge on any atom is 0.294 e. The molecule has 6 heteroatoms. The van der Waals surface area contributed by atoms with E-state index in [9.17, 15) is 9.18 Å². The van der Waals surface area contributed by atoms with Gasteiger partial charge in [-0.05, 0) is 49.6 Å². The van der Waals surface area contributed by atoms with E-state index in [0.717, 1.165) is 18.4 Å². The summed E-state index contributed by atoms with van der Waals surface area (Å²) in [6, 6.07) is 16.1. The Balaban J connectivity index is 1.62. The second-order valence-corrected chi connectivity index (χ2v) is 6.44. The normalized spacial score (nSPS) is 16.8. The van der Waals surface area contributed by atoms with Gasteiger partial charge in [-0.1, -0.05) is 30.3 Å². The highest BCUT2D eigenvalue weighted by Crippen LogP contribution is 2.32. The molecule has 1 amide bonds. The van der Waals surface area contributed by atoms with Crippen molar-refractivity contribution in [2.45, 2.75) is 25.8 Å². The van der Waals surface area contributed by atoms with E-state index in [-0.39, 0.29) is 23.6 Å². The van der Waals surface area contributed by atoms with Crippen molar-refractivity contribution >= 4 is 5.91 Å². The second kappa shape index (κ2) is 6.71. The fraction of sp³-hybridized carbons (Fsp3) is 0.250. The van der Waals surface area contributed by atoms with Crippen LogP contribution in [0.4, 0.5) is 4.39 Å². The summed E-state index contributed by atoms with van der Waals surface area (Å²) in [6.07, 6.45) is 1.90. The van der Waals surface area contributed by atoms with E-state index in [4.69, 9.17) is 0 Å². The Morgan fingerprint density at radius 1 is 1.12 bits per heavy atom. The first-order valence-electron chi connectivity index (χ1n) is 8.69. The van der Waals surface area contributed by atoms with E-state index in [1.165, 1.54) is 12.1 Å². The Labute approximate surface area is 151 Å². The summed E-state index contributed by atoms with van der Waals surface area (Å²) in [5.41, 5.74) is 1.81. The third kappa shape index (κ3) is 2.98. The van der Waals surface area contributed by atoms with Crippen molar-refractivity contribution in [3.8, 4) is 5.69 Å². The molecule has 1 aliphatic rings. The quantitative estimate of drug-likeness (QED) is 0.724. The van der Waals surface area contributed by atoms with Crippen LogP contribution >= 0.6 is 0 Å². The van der Waals surface area contributed by atoms with Crippen molar-refractivity contribution in [1.82, 2.24) is 19.7 Å². The smallest absolute Gasteiger partial charge is 0.294 e. The van der Waals surface area contributed by atoms with Crippen molar-refractivity contribution in [2.75, 3.05) is 6.54 Å². The summed E-state index contributed by atoms with van der Waals surface area (Å²) in [5, 5.41) is 4.37. The Bertz CT molecular complexity index is 921. The van der Waals surface area contributed by atoms with E-state index >= 15 is 0 Å². The highest BCUT2D eigenvalue weighted by atomic mass is 19.1. The molecule has 3 aromatic rings. The number of rotatable bonds is 3. The summed E-state index contributed by atoms with van der Waals surface area (Å²) >= 11 is 0. The molecule has 0 N–H and O–H groups in total. The fourth-order valence-corrected chi connectivity index (χ4v) is 3.47. The van der Waals surface area contributed by atoms with Gasteiger partial charge in [0.15, 0.2) is 0 Å². The van der Waals surface area contributed by atoms with Gasteiger partial charge in [-0.3, -0.25) is 4.79 Å². The zero-order chi connectivity index (χ0) is 18.1. The minimum Gasteiger partial charge on any atom is -0.329 e. The minimum atomic E-state index is -0.314. The maximum atomic E-state index is 13.1. The topological polar surface area (TPSA) is 51.0 Å². The molecular formula is C20H19FN4O. The number of nitrogens with zero attached hydrogens (tertiary/aromatic N) is 4. The molecule has 1 unspecified atom stereocenters. The van der Waals surface area contributed by atoms with Crippen molar-refractivity contribution in [3.05, 3.63) is 77.6 Å². The van der Waals surface area contributed by atoms with E-state index in [2.05, 4.69) is 10.1 Å². The standard InChI is InChI=1S/C20H19FN4O/c1-14-22-19(23-25(14)17-11-9-16(21)10-12-17)20(26)24-13-5-8-18(24)15-6-3-2-4-7-15/h2-4,6-7,9-12,18H,5,8,13H2,1H3. The Morgan fingerprint density at radius 2 is 1.85 bits per heavy atom. The van der Waals surface area contributed by atoms with Crippen molar-refractivity contribution in [2.24, 2.45) is 0 Å². The highest BCUT2D eigenvalue weighted by molar-refractivity contribution is 5.91. The number of carbonyl (C=O) groups is 1. The van der Waals surface area contributed by atoms with Crippen LogP contribution in [0.3, 0.4) is 0 Å². The van der Waals surface area contributed by atoms with E-state index in [1.54, 1.807) is 23.7 Å². The number of halogens is 1. The lowest BCUT2D eigenvalue weighted by atomic mass is 10.0. The van der Waals surface area contributed by atoms with Gasteiger partial charge < -0.3 is 4.90 Å². The largest absolute Gasteiger partial charge is 0.329 e. The van der Waals surface area contributed by atoms with E-state index in [1.807, 2.05) is 35.2 Å². The number of carbonyl (C=O) groups excluding carboxylic acids is 1. The molecule has 0 radical (unpaired) electrons. The van der Waals surface area contributed by atoms with Crippen LogP contribution in [0.2, 0.25) is 0 Å². The van der Waals surface area contributed by atoms with Crippen LogP contribution in [0.1, 0.15) is 40.9 Å². The van der Waals surface area contributed by atoms with Gasteiger partial charge >= 0.3 is 0 Å². The van der Waals surface area contributed by atoms with Crippen molar-refractivity contribution < 1.29 is 9.18 Å². The van der Waals surface area contributed by atoms with E-state index in [0.29, 0.717) is 18.1 Å². The molecule has 1 aromatic heterocycles. The molecule has 0 saturated carbocycles. The third-order valence-electron chi connectivity index (χ3n) is 4.73. The summed E-state index contributed by atoms with van der Waals surface area (Å²) in [7, 11) is 0.